The smallest absolute Gasteiger partial charge is 0.200 e. The third kappa shape index (κ3) is 2.67. The van der Waals surface area contributed by atoms with Crippen LogP contribution in [0.2, 0.25) is 0 Å². The second-order valence-corrected chi connectivity index (χ2v) is 4.69. The maximum absolute atomic E-state index is 12.3. The predicted octanol–water partition coefficient (Wildman–Crippen LogP) is 3.42. The van der Waals surface area contributed by atoms with Gasteiger partial charge >= 0.3 is 0 Å². The van der Waals surface area contributed by atoms with Gasteiger partial charge in [0.25, 0.3) is 0 Å². The number of aromatic nitrogens is 1. The van der Waals surface area contributed by atoms with Gasteiger partial charge in [0.1, 0.15) is 0 Å². The number of rotatable bonds is 3. The maximum Gasteiger partial charge on any atom is 0.200 e. The van der Waals surface area contributed by atoms with Gasteiger partial charge in [0, 0.05) is 17.1 Å². The summed E-state index contributed by atoms with van der Waals surface area (Å²) in [5.74, 6) is -0.300. The number of hydrogen-bond donors (Lipinski definition) is 1. The van der Waals surface area contributed by atoms with Crippen molar-refractivity contribution >= 4 is 22.8 Å². The average Bonchev–Trinajstić information content (AvgIpc) is 2.54. The highest BCUT2D eigenvalue weighted by Gasteiger charge is 2.09. The highest BCUT2D eigenvalue weighted by molar-refractivity contribution is 6.08. The summed E-state index contributed by atoms with van der Waals surface area (Å²) in [7, 11) is 0. The van der Waals surface area contributed by atoms with Crippen molar-refractivity contribution in [2.75, 3.05) is 0 Å². The second-order valence-electron chi connectivity index (χ2n) is 4.69. The van der Waals surface area contributed by atoms with Gasteiger partial charge in [-0.25, -0.2) is 0 Å². The molecule has 0 radical (unpaired) electrons. The Morgan fingerprint density at radius 1 is 0.952 bits per heavy atom. The van der Waals surface area contributed by atoms with Crippen molar-refractivity contribution in [3.8, 4) is 0 Å². The molecule has 0 amide bonds. The molecule has 1 heterocycles. The van der Waals surface area contributed by atoms with Crippen molar-refractivity contribution in [3.05, 3.63) is 88.2 Å². The summed E-state index contributed by atoms with van der Waals surface area (Å²) in [6.07, 6.45) is 4.61. The summed E-state index contributed by atoms with van der Waals surface area (Å²) >= 11 is 0. The molecule has 0 aliphatic heterocycles. The van der Waals surface area contributed by atoms with Crippen molar-refractivity contribution < 1.29 is 4.79 Å². The molecular formula is C18H13NO2. The Morgan fingerprint density at radius 2 is 1.67 bits per heavy atom. The van der Waals surface area contributed by atoms with E-state index in [9.17, 15) is 9.59 Å². The fourth-order valence-corrected chi connectivity index (χ4v) is 2.18. The van der Waals surface area contributed by atoms with Crippen molar-refractivity contribution in [1.29, 1.82) is 0 Å². The van der Waals surface area contributed by atoms with Crippen LogP contribution in [0.1, 0.15) is 15.9 Å². The fourth-order valence-electron chi connectivity index (χ4n) is 2.18. The van der Waals surface area contributed by atoms with Gasteiger partial charge in [0.15, 0.2) is 5.78 Å². The standard InChI is InChI=1S/C18H13NO2/c20-17(11-10-13-6-2-1-3-7-13)15-12-19-16-9-5-4-8-14(16)18(15)21/h1-12H,(H,19,21)/b11-10+. The third-order valence-corrected chi connectivity index (χ3v) is 3.28. The van der Waals surface area contributed by atoms with Crippen LogP contribution >= 0.6 is 0 Å². The Kier molecular flexibility index (Phi) is 3.48. The number of benzene rings is 2. The number of pyridine rings is 1. The molecule has 0 saturated carbocycles. The van der Waals surface area contributed by atoms with Gasteiger partial charge in [-0.15, -0.1) is 0 Å². The number of aromatic amines is 1. The number of allylic oxidation sites excluding steroid dienone is 1. The van der Waals surface area contributed by atoms with Crippen LogP contribution in [0.15, 0.2) is 71.7 Å². The first kappa shape index (κ1) is 13.1. The van der Waals surface area contributed by atoms with Gasteiger partial charge in [-0.05, 0) is 23.8 Å². The van der Waals surface area contributed by atoms with Crippen LogP contribution in [0.5, 0.6) is 0 Å². The largest absolute Gasteiger partial charge is 0.360 e. The maximum atomic E-state index is 12.3. The van der Waals surface area contributed by atoms with E-state index in [2.05, 4.69) is 4.98 Å². The number of H-pyrrole nitrogens is 1. The van der Waals surface area contributed by atoms with Gasteiger partial charge in [0.05, 0.1) is 5.56 Å². The predicted molar refractivity (Wildman–Crippen MR) is 84.4 cm³/mol. The lowest BCUT2D eigenvalue weighted by Crippen LogP contribution is -2.14. The molecule has 3 rings (SSSR count). The number of carbonyl (C=O) groups excluding carboxylic acids is 1. The molecule has 0 aliphatic rings. The number of fused-ring (bicyclic) bond motifs is 1. The molecule has 0 bridgehead atoms. The number of para-hydroxylation sites is 1. The van der Waals surface area contributed by atoms with E-state index in [1.165, 1.54) is 12.3 Å². The average molecular weight is 275 g/mol. The molecule has 0 spiro atoms. The first-order valence-electron chi connectivity index (χ1n) is 6.63. The minimum atomic E-state index is -0.300. The summed E-state index contributed by atoms with van der Waals surface area (Å²) in [4.78, 5) is 27.5. The van der Waals surface area contributed by atoms with E-state index < -0.39 is 0 Å². The molecule has 3 heteroatoms. The molecule has 0 saturated heterocycles. The number of ketones is 1. The molecular weight excluding hydrogens is 262 g/mol. The van der Waals surface area contributed by atoms with Gasteiger partial charge in [-0.2, -0.15) is 0 Å². The molecule has 21 heavy (non-hydrogen) atoms. The SMILES string of the molecule is O=C(/C=C/c1ccccc1)c1c[nH]c2ccccc2c1=O. The molecule has 0 aliphatic carbocycles. The molecule has 0 atom stereocenters. The second kappa shape index (κ2) is 5.59. The summed E-state index contributed by atoms with van der Waals surface area (Å²) < 4.78 is 0. The molecule has 2 aromatic carbocycles. The Balaban J connectivity index is 1.97. The zero-order valence-corrected chi connectivity index (χ0v) is 11.2. The minimum absolute atomic E-state index is 0.154. The first-order valence-corrected chi connectivity index (χ1v) is 6.63. The van der Waals surface area contributed by atoms with Crippen molar-refractivity contribution in [1.82, 2.24) is 4.98 Å². The summed E-state index contributed by atoms with van der Waals surface area (Å²) in [5, 5.41) is 0.525. The van der Waals surface area contributed by atoms with E-state index in [0.717, 1.165) is 11.1 Å². The van der Waals surface area contributed by atoms with Crippen LogP contribution in [-0.2, 0) is 0 Å². The number of carbonyl (C=O) groups is 1. The highest BCUT2D eigenvalue weighted by atomic mass is 16.1. The van der Waals surface area contributed by atoms with Gasteiger partial charge in [-0.1, -0.05) is 48.5 Å². The number of nitrogens with one attached hydrogen (secondary N) is 1. The summed E-state index contributed by atoms with van der Waals surface area (Å²) in [6, 6.07) is 16.6. The van der Waals surface area contributed by atoms with Crippen LogP contribution in [-0.4, -0.2) is 10.8 Å². The van der Waals surface area contributed by atoms with E-state index in [1.54, 1.807) is 18.2 Å². The van der Waals surface area contributed by atoms with E-state index in [4.69, 9.17) is 0 Å². The summed E-state index contributed by atoms with van der Waals surface area (Å²) in [5.41, 5.74) is 1.56. The van der Waals surface area contributed by atoms with E-state index in [0.29, 0.717) is 5.39 Å². The minimum Gasteiger partial charge on any atom is -0.360 e. The lowest BCUT2D eigenvalue weighted by atomic mass is 10.1. The normalized spacial score (nSPS) is 11.0. The van der Waals surface area contributed by atoms with Gasteiger partial charge in [-0.3, -0.25) is 9.59 Å². The quantitative estimate of drug-likeness (QED) is 0.588. The van der Waals surface area contributed by atoms with Crippen LogP contribution < -0.4 is 5.43 Å². The Bertz CT molecular complexity index is 876. The van der Waals surface area contributed by atoms with Crippen molar-refractivity contribution in [2.45, 2.75) is 0 Å². The van der Waals surface area contributed by atoms with Crippen LogP contribution in [0.4, 0.5) is 0 Å². The number of hydrogen-bond acceptors (Lipinski definition) is 2. The topological polar surface area (TPSA) is 49.9 Å². The van der Waals surface area contributed by atoms with Crippen LogP contribution in [0.3, 0.4) is 0 Å². The lowest BCUT2D eigenvalue weighted by molar-refractivity contribution is 0.104. The Hall–Kier alpha value is -2.94. The van der Waals surface area contributed by atoms with Crippen molar-refractivity contribution in [3.63, 3.8) is 0 Å². The molecule has 1 N–H and O–H groups in total. The van der Waals surface area contributed by atoms with Crippen LogP contribution in [0.25, 0.3) is 17.0 Å². The lowest BCUT2D eigenvalue weighted by Gasteiger charge is -2.00. The van der Waals surface area contributed by atoms with Crippen molar-refractivity contribution in [2.24, 2.45) is 0 Å². The van der Waals surface area contributed by atoms with Crippen LogP contribution in [0, 0.1) is 0 Å². The molecule has 0 fully saturated rings. The summed E-state index contributed by atoms with van der Waals surface area (Å²) in [6.45, 7) is 0. The van der Waals surface area contributed by atoms with E-state index in [-0.39, 0.29) is 16.8 Å². The van der Waals surface area contributed by atoms with E-state index in [1.807, 2.05) is 42.5 Å². The molecule has 3 aromatic rings. The fraction of sp³-hybridized carbons (Fsp3) is 0. The Labute approximate surface area is 121 Å². The van der Waals surface area contributed by atoms with E-state index >= 15 is 0 Å². The molecule has 3 nitrogen and oxygen atoms in total. The first-order chi connectivity index (χ1) is 10.3. The third-order valence-electron chi connectivity index (χ3n) is 3.28. The van der Waals surface area contributed by atoms with Gasteiger partial charge in [0.2, 0.25) is 5.43 Å². The molecule has 102 valence electrons. The zero-order valence-electron chi connectivity index (χ0n) is 11.2. The van der Waals surface area contributed by atoms with Gasteiger partial charge < -0.3 is 4.98 Å². The monoisotopic (exact) mass is 275 g/mol. The Morgan fingerprint density at radius 3 is 2.48 bits per heavy atom. The molecule has 1 aromatic heterocycles. The molecule has 0 unspecified atom stereocenters. The highest BCUT2D eigenvalue weighted by Crippen LogP contribution is 2.08. The zero-order chi connectivity index (χ0) is 14.7.